The lowest BCUT2D eigenvalue weighted by Crippen LogP contribution is -2.15. The second kappa shape index (κ2) is 5.82. The Labute approximate surface area is 132 Å². The Morgan fingerprint density at radius 3 is 3.05 bits per heavy atom. The first-order valence-electron chi connectivity index (χ1n) is 7.05. The number of hydrogen-bond acceptors (Lipinski definition) is 5. The van der Waals surface area contributed by atoms with Gasteiger partial charge in [0.15, 0.2) is 16.6 Å². The molecule has 1 aliphatic heterocycles. The zero-order valence-corrected chi connectivity index (χ0v) is 12.7. The minimum atomic E-state index is 0.313. The fraction of sp³-hybridized carbons (Fsp3) is 0.188. The summed E-state index contributed by atoms with van der Waals surface area (Å²) in [6, 6.07) is 10.2. The van der Waals surface area contributed by atoms with Crippen LogP contribution >= 0.6 is 11.3 Å². The predicted octanol–water partition coefficient (Wildman–Crippen LogP) is 2.95. The van der Waals surface area contributed by atoms with Gasteiger partial charge in [-0.2, -0.15) is 0 Å². The third-order valence-electron chi connectivity index (χ3n) is 3.53. The number of ether oxygens (including phenoxy) is 2. The molecule has 1 N–H and O–H groups in total. The first-order valence-corrected chi connectivity index (χ1v) is 7.93. The molecule has 6 heteroatoms. The van der Waals surface area contributed by atoms with Gasteiger partial charge in [-0.3, -0.25) is 4.57 Å². The minimum Gasteiger partial charge on any atom is -0.454 e. The van der Waals surface area contributed by atoms with Gasteiger partial charge in [0.1, 0.15) is 0 Å². The van der Waals surface area contributed by atoms with Crippen molar-refractivity contribution in [3.8, 4) is 16.6 Å². The largest absolute Gasteiger partial charge is 0.454 e. The number of aromatic nitrogens is 2. The van der Waals surface area contributed by atoms with E-state index in [2.05, 4.69) is 27.0 Å². The average molecular weight is 313 g/mol. The van der Waals surface area contributed by atoms with E-state index >= 15 is 0 Å². The average Bonchev–Trinajstić information content (AvgIpc) is 3.27. The Bertz CT molecular complexity index is 768. The maximum absolute atomic E-state index is 5.40. The Balaban J connectivity index is 1.41. The fourth-order valence-electron chi connectivity index (χ4n) is 2.47. The van der Waals surface area contributed by atoms with Crippen LogP contribution in [0, 0.1) is 0 Å². The summed E-state index contributed by atoms with van der Waals surface area (Å²) in [6.07, 6.45) is 3.86. The molecule has 0 unspecified atom stereocenters. The third-order valence-corrected chi connectivity index (χ3v) is 4.30. The molecule has 112 valence electrons. The van der Waals surface area contributed by atoms with Crippen LogP contribution in [0.5, 0.6) is 11.5 Å². The third kappa shape index (κ3) is 2.58. The molecule has 0 fully saturated rings. The molecule has 0 spiro atoms. The van der Waals surface area contributed by atoms with Crippen LogP contribution in [-0.4, -0.2) is 16.3 Å². The van der Waals surface area contributed by atoms with E-state index in [-0.39, 0.29) is 0 Å². The van der Waals surface area contributed by atoms with Gasteiger partial charge >= 0.3 is 0 Å². The van der Waals surface area contributed by atoms with Crippen molar-refractivity contribution in [3.05, 3.63) is 59.4 Å². The molecule has 1 aromatic carbocycles. The van der Waals surface area contributed by atoms with Crippen molar-refractivity contribution >= 4 is 11.3 Å². The van der Waals surface area contributed by atoms with E-state index < -0.39 is 0 Å². The Kier molecular flexibility index (Phi) is 3.54. The molecular formula is C16H15N3O2S. The summed E-state index contributed by atoms with van der Waals surface area (Å²) < 4.78 is 12.8. The number of rotatable bonds is 5. The van der Waals surface area contributed by atoms with Crippen molar-refractivity contribution < 1.29 is 9.47 Å². The summed E-state index contributed by atoms with van der Waals surface area (Å²) in [5.41, 5.74) is 2.37. The molecule has 5 nitrogen and oxygen atoms in total. The molecular weight excluding hydrogens is 298 g/mol. The van der Waals surface area contributed by atoms with Crippen LogP contribution in [0.4, 0.5) is 0 Å². The van der Waals surface area contributed by atoms with Crippen LogP contribution in [0.1, 0.15) is 11.3 Å². The second-order valence-corrected chi connectivity index (χ2v) is 5.85. The lowest BCUT2D eigenvalue weighted by molar-refractivity contribution is 0.174. The van der Waals surface area contributed by atoms with E-state index in [1.165, 1.54) is 11.3 Å². The normalized spacial score (nSPS) is 12.7. The first-order chi connectivity index (χ1) is 10.9. The highest BCUT2D eigenvalue weighted by molar-refractivity contribution is 7.12. The molecule has 0 saturated carbocycles. The monoisotopic (exact) mass is 313 g/mol. The van der Waals surface area contributed by atoms with Gasteiger partial charge in [-0.25, -0.2) is 4.98 Å². The summed E-state index contributed by atoms with van der Waals surface area (Å²) in [7, 11) is 0. The number of hydrogen-bond donors (Lipinski definition) is 1. The highest BCUT2D eigenvalue weighted by Gasteiger charge is 2.13. The first kappa shape index (κ1) is 13.4. The molecule has 3 aromatic rings. The topological polar surface area (TPSA) is 48.3 Å². The number of nitrogens with zero attached hydrogens (tertiary/aromatic N) is 2. The number of nitrogens with one attached hydrogen (secondary N) is 1. The fourth-order valence-corrected chi connectivity index (χ4v) is 3.12. The van der Waals surface area contributed by atoms with E-state index in [9.17, 15) is 0 Å². The molecule has 0 saturated heterocycles. The van der Waals surface area contributed by atoms with Crippen LogP contribution in [-0.2, 0) is 13.1 Å². The summed E-state index contributed by atoms with van der Waals surface area (Å²) in [5.74, 6) is 1.65. The SMILES string of the molecule is c1cc(CNCc2ccc3c(c2)OCO3)n(-c2nccs2)c1. The van der Waals surface area contributed by atoms with Crippen LogP contribution in [0.15, 0.2) is 48.1 Å². The molecule has 0 aliphatic carbocycles. The molecule has 22 heavy (non-hydrogen) atoms. The van der Waals surface area contributed by atoms with Crippen LogP contribution in [0.2, 0.25) is 0 Å². The van der Waals surface area contributed by atoms with E-state index in [1.54, 1.807) is 11.3 Å². The number of fused-ring (bicyclic) bond motifs is 1. The number of thiazole rings is 1. The van der Waals surface area contributed by atoms with E-state index in [0.29, 0.717) is 6.79 Å². The van der Waals surface area contributed by atoms with Gasteiger partial charge in [0, 0.05) is 36.6 Å². The lowest BCUT2D eigenvalue weighted by atomic mass is 10.2. The molecule has 0 radical (unpaired) electrons. The van der Waals surface area contributed by atoms with Gasteiger partial charge in [0.25, 0.3) is 0 Å². The Morgan fingerprint density at radius 2 is 2.14 bits per heavy atom. The summed E-state index contributed by atoms with van der Waals surface area (Å²) in [4.78, 5) is 4.35. The lowest BCUT2D eigenvalue weighted by Gasteiger charge is -2.08. The van der Waals surface area contributed by atoms with Crippen LogP contribution in [0.25, 0.3) is 5.13 Å². The Morgan fingerprint density at radius 1 is 1.18 bits per heavy atom. The van der Waals surface area contributed by atoms with E-state index in [1.807, 2.05) is 36.0 Å². The van der Waals surface area contributed by atoms with E-state index in [0.717, 1.165) is 29.7 Å². The zero-order valence-electron chi connectivity index (χ0n) is 11.9. The maximum atomic E-state index is 5.40. The molecule has 4 rings (SSSR count). The van der Waals surface area contributed by atoms with Gasteiger partial charge in [-0.05, 0) is 29.8 Å². The van der Waals surface area contributed by atoms with Crippen molar-refractivity contribution in [1.29, 1.82) is 0 Å². The van der Waals surface area contributed by atoms with Gasteiger partial charge < -0.3 is 14.8 Å². The minimum absolute atomic E-state index is 0.313. The second-order valence-electron chi connectivity index (χ2n) is 4.98. The molecule has 3 heterocycles. The van der Waals surface area contributed by atoms with Crippen molar-refractivity contribution in [1.82, 2.24) is 14.9 Å². The van der Waals surface area contributed by atoms with Crippen LogP contribution in [0.3, 0.4) is 0 Å². The molecule has 1 aliphatic rings. The van der Waals surface area contributed by atoms with Gasteiger partial charge in [-0.15, -0.1) is 11.3 Å². The zero-order chi connectivity index (χ0) is 14.8. The smallest absolute Gasteiger partial charge is 0.231 e. The summed E-state index contributed by atoms with van der Waals surface area (Å²) in [5, 5.41) is 6.43. The van der Waals surface area contributed by atoms with E-state index in [4.69, 9.17) is 9.47 Å². The highest BCUT2D eigenvalue weighted by atomic mass is 32.1. The molecule has 2 aromatic heterocycles. The summed E-state index contributed by atoms with van der Waals surface area (Å²) >= 11 is 1.63. The maximum Gasteiger partial charge on any atom is 0.231 e. The van der Waals surface area contributed by atoms with Crippen molar-refractivity contribution in [2.45, 2.75) is 13.1 Å². The number of benzene rings is 1. The quantitative estimate of drug-likeness (QED) is 0.787. The molecule has 0 amide bonds. The van der Waals surface area contributed by atoms with Crippen molar-refractivity contribution in [2.24, 2.45) is 0 Å². The predicted molar refractivity (Wildman–Crippen MR) is 84.5 cm³/mol. The van der Waals surface area contributed by atoms with Crippen molar-refractivity contribution in [2.75, 3.05) is 6.79 Å². The van der Waals surface area contributed by atoms with Gasteiger partial charge in [0.05, 0.1) is 0 Å². The summed E-state index contributed by atoms with van der Waals surface area (Å²) in [6.45, 7) is 1.87. The molecule has 0 atom stereocenters. The standard InChI is InChI=1S/C16H15N3O2S/c1-2-13(19(6-1)16-18-5-7-22-16)10-17-9-12-3-4-14-15(8-12)21-11-20-14/h1-8,17H,9-11H2. The molecule has 0 bridgehead atoms. The van der Waals surface area contributed by atoms with Gasteiger partial charge in [0.2, 0.25) is 6.79 Å². The Hall–Kier alpha value is -2.31. The van der Waals surface area contributed by atoms with Crippen molar-refractivity contribution in [3.63, 3.8) is 0 Å². The van der Waals surface area contributed by atoms with Gasteiger partial charge in [-0.1, -0.05) is 6.07 Å². The van der Waals surface area contributed by atoms with Crippen LogP contribution < -0.4 is 14.8 Å². The highest BCUT2D eigenvalue weighted by Crippen LogP contribution is 2.32.